The van der Waals surface area contributed by atoms with Crippen LogP contribution >= 0.6 is 22.9 Å². The molecule has 1 aromatic heterocycles. The summed E-state index contributed by atoms with van der Waals surface area (Å²) in [5, 5.41) is 12.5. The Labute approximate surface area is 164 Å². The smallest absolute Gasteiger partial charge is 0.250 e. The summed E-state index contributed by atoms with van der Waals surface area (Å²) in [6.45, 7) is -0.0681. The number of ether oxygens (including phenoxy) is 2. The fourth-order valence-electron chi connectivity index (χ4n) is 2.29. The van der Waals surface area contributed by atoms with E-state index in [9.17, 15) is 4.79 Å². The van der Waals surface area contributed by atoms with E-state index in [1.54, 1.807) is 30.3 Å². The van der Waals surface area contributed by atoms with Crippen LogP contribution in [-0.2, 0) is 4.79 Å². The second-order valence-corrected chi connectivity index (χ2v) is 6.78. The number of nitrogens with zero attached hydrogens (tertiary/aromatic N) is 2. The van der Waals surface area contributed by atoms with E-state index in [4.69, 9.17) is 26.3 Å². The lowest BCUT2D eigenvalue weighted by Gasteiger charge is -2.08. The van der Waals surface area contributed by atoms with E-state index in [1.165, 1.54) is 24.5 Å². The van der Waals surface area contributed by atoms with Gasteiger partial charge in [-0.25, -0.2) is 4.98 Å². The van der Waals surface area contributed by atoms with Gasteiger partial charge in [-0.05, 0) is 42.0 Å². The van der Waals surface area contributed by atoms with Gasteiger partial charge in [0.25, 0.3) is 0 Å². The molecule has 0 aliphatic heterocycles. The summed E-state index contributed by atoms with van der Waals surface area (Å²) >= 11 is 7.31. The zero-order chi connectivity index (χ0) is 19.2. The molecule has 0 fully saturated rings. The van der Waals surface area contributed by atoms with Crippen molar-refractivity contribution >= 4 is 50.3 Å². The van der Waals surface area contributed by atoms with Crippen molar-refractivity contribution in [3.05, 3.63) is 53.1 Å². The molecular formula is C19H14ClN3O3S. The molecule has 1 N–H and O–H groups in total. The van der Waals surface area contributed by atoms with Crippen LogP contribution in [0.3, 0.4) is 0 Å². The Balaban J connectivity index is 1.69. The first kappa shape index (κ1) is 18.7. The number of hydrogen-bond acceptors (Lipinski definition) is 6. The number of hydrogen-bond donors (Lipinski definition) is 1. The predicted molar refractivity (Wildman–Crippen MR) is 106 cm³/mol. The second kappa shape index (κ2) is 8.54. The van der Waals surface area contributed by atoms with Gasteiger partial charge in [-0.15, -0.1) is 0 Å². The highest BCUT2D eigenvalue weighted by Gasteiger charge is 2.07. The molecule has 0 saturated carbocycles. The van der Waals surface area contributed by atoms with E-state index in [1.807, 2.05) is 18.2 Å². The van der Waals surface area contributed by atoms with Crippen LogP contribution < -0.4 is 14.8 Å². The van der Waals surface area contributed by atoms with Crippen molar-refractivity contribution < 1.29 is 14.3 Å². The number of nitrogens with one attached hydrogen (secondary N) is 1. The highest BCUT2D eigenvalue weighted by Crippen LogP contribution is 2.29. The first-order chi connectivity index (χ1) is 13.1. The van der Waals surface area contributed by atoms with Gasteiger partial charge < -0.3 is 9.47 Å². The molecule has 2 aromatic carbocycles. The maximum atomic E-state index is 12.1. The fourth-order valence-corrected chi connectivity index (χ4v) is 3.43. The molecule has 0 saturated heterocycles. The summed E-state index contributed by atoms with van der Waals surface area (Å²) in [6.07, 6.45) is 3.06. The molecule has 6 nitrogen and oxygen atoms in total. The number of nitriles is 1. The van der Waals surface area contributed by atoms with Gasteiger partial charge in [-0.2, -0.15) is 5.26 Å². The van der Waals surface area contributed by atoms with Gasteiger partial charge >= 0.3 is 0 Å². The van der Waals surface area contributed by atoms with Crippen LogP contribution in [0.5, 0.6) is 11.5 Å². The van der Waals surface area contributed by atoms with Gasteiger partial charge in [0.05, 0.1) is 17.3 Å². The van der Waals surface area contributed by atoms with Crippen molar-refractivity contribution in [1.29, 1.82) is 5.26 Å². The third-order valence-corrected chi connectivity index (χ3v) is 4.66. The van der Waals surface area contributed by atoms with Crippen LogP contribution in [0.2, 0.25) is 5.02 Å². The zero-order valence-corrected chi connectivity index (χ0v) is 15.8. The van der Waals surface area contributed by atoms with Crippen molar-refractivity contribution in [2.45, 2.75) is 0 Å². The molecule has 0 spiro atoms. The third kappa shape index (κ3) is 4.76. The lowest BCUT2D eigenvalue weighted by atomic mass is 10.2. The number of benzene rings is 2. The number of amides is 1. The molecule has 3 aromatic rings. The standard InChI is InChI=1S/C19H14ClN3O3S/c1-25-16-10-12(2-6-15(16)26-9-8-21)3-7-18(24)23-19-22-14-5-4-13(20)11-17(14)27-19/h2-7,10-11H,9H2,1H3,(H,22,23,24)/b7-3+. The maximum Gasteiger partial charge on any atom is 0.250 e. The van der Waals surface area contributed by atoms with Crippen molar-refractivity contribution in [1.82, 2.24) is 4.98 Å². The molecule has 1 amide bonds. The zero-order valence-electron chi connectivity index (χ0n) is 14.2. The van der Waals surface area contributed by atoms with Gasteiger partial charge in [-0.3, -0.25) is 10.1 Å². The Hall–Kier alpha value is -3.08. The van der Waals surface area contributed by atoms with Crippen molar-refractivity contribution in [2.24, 2.45) is 0 Å². The second-order valence-electron chi connectivity index (χ2n) is 5.31. The quantitative estimate of drug-likeness (QED) is 0.616. The van der Waals surface area contributed by atoms with Gasteiger partial charge in [0.2, 0.25) is 5.91 Å². The predicted octanol–water partition coefficient (Wildman–Crippen LogP) is 4.51. The SMILES string of the molecule is COc1cc(/C=C/C(=O)Nc2nc3ccc(Cl)cc3s2)ccc1OCC#N. The fraction of sp³-hybridized carbons (Fsp3) is 0.105. The molecule has 0 aliphatic carbocycles. The van der Waals surface area contributed by atoms with Crippen molar-refractivity contribution in [3.8, 4) is 17.6 Å². The van der Waals surface area contributed by atoms with Crippen LogP contribution in [0.15, 0.2) is 42.5 Å². The summed E-state index contributed by atoms with van der Waals surface area (Å²) in [4.78, 5) is 16.5. The van der Waals surface area contributed by atoms with Crippen LogP contribution in [0.25, 0.3) is 16.3 Å². The molecule has 0 radical (unpaired) electrons. The normalized spacial score (nSPS) is 10.7. The van der Waals surface area contributed by atoms with E-state index in [0.717, 1.165) is 15.8 Å². The third-order valence-electron chi connectivity index (χ3n) is 3.49. The number of rotatable bonds is 6. The molecular weight excluding hydrogens is 386 g/mol. The van der Waals surface area contributed by atoms with E-state index in [-0.39, 0.29) is 12.5 Å². The van der Waals surface area contributed by atoms with Crippen LogP contribution in [0.1, 0.15) is 5.56 Å². The molecule has 0 unspecified atom stereocenters. The number of fused-ring (bicyclic) bond motifs is 1. The molecule has 1 heterocycles. The largest absolute Gasteiger partial charge is 0.493 e. The number of aromatic nitrogens is 1. The summed E-state index contributed by atoms with van der Waals surface area (Å²) in [5.41, 5.74) is 1.53. The minimum absolute atomic E-state index is 0.0681. The monoisotopic (exact) mass is 399 g/mol. The lowest BCUT2D eigenvalue weighted by Crippen LogP contribution is -2.07. The lowest BCUT2D eigenvalue weighted by molar-refractivity contribution is -0.111. The Morgan fingerprint density at radius 1 is 1.33 bits per heavy atom. The number of halogens is 1. The topological polar surface area (TPSA) is 84.2 Å². The van der Waals surface area contributed by atoms with Gasteiger partial charge in [0.1, 0.15) is 6.07 Å². The Morgan fingerprint density at radius 3 is 2.96 bits per heavy atom. The van der Waals surface area contributed by atoms with E-state index in [2.05, 4.69) is 10.3 Å². The van der Waals surface area contributed by atoms with Gasteiger partial charge in [0.15, 0.2) is 23.2 Å². The number of methoxy groups -OCH3 is 1. The maximum absolute atomic E-state index is 12.1. The number of anilines is 1. The molecule has 136 valence electrons. The average Bonchev–Trinajstić information content (AvgIpc) is 3.06. The summed E-state index contributed by atoms with van der Waals surface area (Å²) < 4.78 is 11.4. The minimum atomic E-state index is -0.302. The van der Waals surface area contributed by atoms with Crippen LogP contribution in [-0.4, -0.2) is 24.6 Å². The molecule has 27 heavy (non-hydrogen) atoms. The minimum Gasteiger partial charge on any atom is -0.493 e. The molecule has 0 aliphatic rings. The van der Waals surface area contributed by atoms with E-state index >= 15 is 0 Å². The highest BCUT2D eigenvalue weighted by atomic mass is 35.5. The van der Waals surface area contributed by atoms with E-state index in [0.29, 0.717) is 21.7 Å². The molecule has 8 heteroatoms. The van der Waals surface area contributed by atoms with Crippen molar-refractivity contribution in [3.63, 3.8) is 0 Å². The Bertz CT molecular complexity index is 1060. The number of carbonyl (C=O) groups is 1. The molecule has 0 bridgehead atoms. The summed E-state index contributed by atoms with van der Waals surface area (Å²) in [6, 6.07) is 12.4. The van der Waals surface area contributed by atoms with Crippen molar-refractivity contribution in [2.75, 3.05) is 19.0 Å². The Kier molecular flexibility index (Phi) is 5.91. The Morgan fingerprint density at radius 2 is 2.19 bits per heavy atom. The van der Waals surface area contributed by atoms with Crippen LogP contribution in [0, 0.1) is 11.3 Å². The first-order valence-corrected chi connectivity index (χ1v) is 9.01. The first-order valence-electron chi connectivity index (χ1n) is 7.82. The number of carbonyl (C=O) groups excluding carboxylic acids is 1. The summed E-state index contributed by atoms with van der Waals surface area (Å²) in [7, 11) is 1.51. The van der Waals surface area contributed by atoms with E-state index < -0.39 is 0 Å². The summed E-state index contributed by atoms with van der Waals surface area (Å²) in [5.74, 6) is 0.647. The van der Waals surface area contributed by atoms with Gasteiger partial charge in [0, 0.05) is 11.1 Å². The van der Waals surface area contributed by atoms with Gasteiger partial charge in [-0.1, -0.05) is 29.0 Å². The number of thiazole rings is 1. The van der Waals surface area contributed by atoms with Crippen LogP contribution in [0.4, 0.5) is 5.13 Å². The average molecular weight is 400 g/mol. The highest BCUT2D eigenvalue weighted by molar-refractivity contribution is 7.22. The molecule has 3 rings (SSSR count). The molecule has 0 atom stereocenters.